The summed E-state index contributed by atoms with van der Waals surface area (Å²) in [6.07, 6.45) is 1.32. The number of ether oxygens (including phenoxy) is 1. The number of carbonyl (C=O) groups excluding carboxylic acids is 2. The third-order valence-corrected chi connectivity index (χ3v) is 6.91. The van der Waals surface area contributed by atoms with Crippen molar-refractivity contribution in [3.8, 4) is 5.75 Å². The molecule has 1 atom stereocenters. The highest BCUT2D eigenvalue weighted by molar-refractivity contribution is 6.12. The number of carbonyl (C=O) groups is 2. The minimum Gasteiger partial charge on any atom is -0.495 e. The Kier molecular flexibility index (Phi) is 4.61. The molecule has 2 amide bonds. The summed E-state index contributed by atoms with van der Waals surface area (Å²) in [6, 6.07) is 19.8. The standard InChI is InChI=1S/C27H24N2O4/c1-32-25-14-21-19-8-4-5-9-23(19)33-24(21)15-22(25)29-13-11-20(27(29)31)26(30)28-12-10-17-6-2-3-7-18(17)16-28/h2-9,14-15,20H,10-13,16H2,1H3/t20-/m1/s1. The molecule has 3 heterocycles. The van der Waals surface area contributed by atoms with Gasteiger partial charge in [-0.3, -0.25) is 9.59 Å². The summed E-state index contributed by atoms with van der Waals surface area (Å²) in [7, 11) is 1.60. The molecule has 166 valence electrons. The van der Waals surface area contributed by atoms with Gasteiger partial charge in [0.15, 0.2) is 0 Å². The minimum atomic E-state index is -0.661. The van der Waals surface area contributed by atoms with Gasteiger partial charge in [0, 0.05) is 36.5 Å². The molecule has 1 fully saturated rings. The number of furan rings is 1. The van der Waals surface area contributed by atoms with Crippen LogP contribution in [0.5, 0.6) is 5.75 Å². The van der Waals surface area contributed by atoms with Crippen LogP contribution in [0.4, 0.5) is 5.69 Å². The predicted molar refractivity (Wildman–Crippen MR) is 126 cm³/mol. The molecule has 2 aliphatic rings. The van der Waals surface area contributed by atoms with Gasteiger partial charge in [-0.05, 0) is 36.1 Å². The molecule has 6 nitrogen and oxygen atoms in total. The summed E-state index contributed by atoms with van der Waals surface area (Å²) >= 11 is 0. The van der Waals surface area contributed by atoms with Gasteiger partial charge in [0.2, 0.25) is 11.8 Å². The average molecular weight is 440 g/mol. The van der Waals surface area contributed by atoms with Crippen molar-refractivity contribution < 1.29 is 18.7 Å². The number of nitrogens with zero attached hydrogens (tertiary/aromatic N) is 2. The summed E-state index contributed by atoms with van der Waals surface area (Å²) in [4.78, 5) is 30.2. The molecule has 1 aromatic heterocycles. The van der Waals surface area contributed by atoms with Crippen molar-refractivity contribution in [2.75, 3.05) is 25.1 Å². The fourth-order valence-electron chi connectivity index (χ4n) is 5.17. The zero-order chi connectivity index (χ0) is 22.5. The summed E-state index contributed by atoms with van der Waals surface area (Å²) < 4.78 is 11.7. The van der Waals surface area contributed by atoms with E-state index in [1.165, 1.54) is 5.56 Å². The second-order valence-corrected chi connectivity index (χ2v) is 8.73. The summed E-state index contributed by atoms with van der Waals surface area (Å²) in [5.41, 5.74) is 4.58. The molecule has 0 unspecified atom stereocenters. The van der Waals surface area contributed by atoms with E-state index >= 15 is 0 Å². The Labute approximate surface area is 191 Å². The Morgan fingerprint density at radius 2 is 1.76 bits per heavy atom. The number of fused-ring (bicyclic) bond motifs is 4. The van der Waals surface area contributed by atoms with Gasteiger partial charge in [0.05, 0.1) is 12.8 Å². The van der Waals surface area contributed by atoms with Crippen LogP contribution in [0.1, 0.15) is 17.5 Å². The van der Waals surface area contributed by atoms with Crippen LogP contribution in [0.2, 0.25) is 0 Å². The Morgan fingerprint density at radius 3 is 2.61 bits per heavy atom. The summed E-state index contributed by atoms with van der Waals surface area (Å²) in [6.45, 7) is 1.68. The van der Waals surface area contributed by atoms with E-state index in [-0.39, 0.29) is 11.8 Å². The van der Waals surface area contributed by atoms with Crippen LogP contribution in [0.3, 0.4) is 0 Å². The maximum atomic E-state index is 13.4. The quantitative estimate of drug-likeness (QED) is 0.439. The van der Waals surface area contributed by atoms with Gasteiger partial charge in [-0.1, -0.05) is 42.5 Å². The van der Waals surface area contributed by atoms with Crippen molar-refractivity contribution in [1.29, 1.82) is 0 Å². The average Bonchev–Trinajstić information content (AvgIpc) is 3.42. The number of methoxy groups -OCH3 is 1. The van der Waals surface area contributed by atoms with E-state index in [2.05, 4.69) is 12.1 Å². The molecule has 33 heavy (non-hydrogen) atoms. The first-order chi connectivity index (χ1) is 16.1. The van der Waals surface area contributed by atoms with E-state index in [0.717, 1.165) is 28.3 Å². The first-order valence-corrected chi connectivity index (χ1v) is 11.3. The molecule has 0 aliphatic carbocycles. The van der Waals surface area contributed by atoms with E-state index in [9.17, 15) is 9.59 Å². The number of rotatable bonds is 3. The van der Waals surface area contributed by atoms with Crippen molar-refractivity contribution in [1.82, 2.24) is 4.90 Å². The molecule has 3 aromatic carbocycles. The number of para-hydroxylation sites is 1. The second-order valence-electron chi connectivity index (χ2n) is 8.73. The zero-order valence-electron chi connectivity index (χ0n) is 18.4. The van der Waals surface area contributed by atoms with E-state index in [4.69, 9.17) is 9.15 Å². The normalized spacial score (nSPS) is 18.2. The number of benzene rings is 3. The van der Waals surface area contributed by atoms with Crippen molar-refractivity contribution in [3.05, 3.63) is 71.8 Å². The van der Waals surface area contributed by atoms with E-state index in [1.54, 1.807) is 12.0 Å². The minimum absolute atomic E-state index is 0.0826. The van der Waals surface area contributed by atoms with Gasteiger partial charge in [-0.2, -0.15) is 0 Å². The van der Waals surface area contributed by atoms with Crippen molar-refractivity contribution in [2.45, 2.75) is 19.4 Å². The molecule has 0 spiro atoms. The van der Waals surface area contributed by atoms with E-state index in [1.807, 2.05) is 53.4 Å². The Bertz CT molecular complexity index is 1410. The zero-order valence-corrected chi connectivity index (χ0v) is 18.4. The van der Waals surface area contributed by atoms with Crippen molar-refractivity contribution in [3.63, 3.8) is 0 Å². The molecule has 6 rings (SSSR count). The van der Waals surface area contributed by atoms with Gasteiger partial charge in [-0.15, -0.1) is 0 Å². The highest BCUT2D eigenvalue weighted by Gasteiger charge is 2.41. The van der Waals surface area contributed by atoms with E-state index in [0.29, 0.717) is 43.1 Å². The van der Waals surface area contributed by atoms with Gasteiger partial charge < -0.3 is 19.0 Å². The first kappa shape index (κ1) is 19.9. The second kappa shape index (κ2) is 7.66. The highest BCUT2D eigenvalue weighted by Crippen LogP contribution is 2.40. The van der Waals surface area contributed by atoms with Crippen LogP contribution in [-0.2, 0) is 22.6 Å². The molecule has 0 saturated carbocycles. The molecule has 0 radical (unpaired) electrons. The maximum Gasteiger partial charge on any atom is 0.239 e. The van der Waals surface area contributed by atoms with Crippen LogP contribution in [0.15, 0.2) is 65.1 Å². The molecule has 2 aliphatic heterocycles. The molecule has 4 aromatic rings. The molecular weight excluding hydrogens is 416 g/mol. The summed E-state index contributed by atoms with van der Waals surface area (Å²) in [5, 5.41) is 1.95. The van der Waals surface area contributed by atoms with Crippen LogP contribution in [-0.4, -0.2) is 36.9 Å². The van der Waals surface area contributed by atoms with Crippen LogP contribution in [0, 0.1) is 5.92 Å². The van der Waals surface area contributed by atoms with Crippen molar-refractivity contribution >= 4 is 39.4 Å². The Morgan fingerprint density at radius 1 is 0.970 bits per heavy atom. The fraction of sp³-hybridized carbons (Fsp3) is 0.259. The van der Waals surface area contributed by atoms with Crippen LogP contribution >= 0.6 is 0 Å². The third kappa shape index (κ3) is 3.17. The number of anilines is 1. The Balaban J connectivity index is 1.29. The number of hydrogen-bond donors (Lipinski definition) is 0. The SMILES string of the molecule is COc1cc2c(cc1N1CC[C@H](C(=O)N3CCc4ccccc4C3)C1=O)oc1ccccc12. The molecule has 0 N–H and O–H groups in total. The predicted octanol–water partition coefficient (Wildman–Crippen LogP) is 4.53. The lowest BCUT2D eigenvalue weighted by atomic mass is 9.98. The lowest BCUT2D eigenvalue weighted by Gasteiger charge is -2.30. The lowest BCUT2D eigenvalue weighted by molar-refractivity contribution is -0.140. The maximum absolute atomic E-state index is 13.4. The Hall–Kier alpha value is -3.80. The van der Waals surface area contributed by atoms with Crippen molar-refractivity contribution in [2.24, 2.45) is 5.92 Å². The largest absolute Gasteiger partial charge is 0.495 e. The first-order valence-electron chi connectivity index (χ1n) is 11.3. The van der Waals surface area contributed by atoms with Gasteiger partial charge in [-0.25, -0.2) is 0 Å². The van der Waals surface area contributed by atoms with Gasteiger partial charge in [0.25, 0.3) is 0 Å². The number of amides is 2. The molecule has 1 saturated heterocycles. The fourth-order valence-corrected chi connectivity index (χ4v) is 5.17. The highest BCUT2D eigenvalue weighted by atomic mass is 16.5. The molecule has 6 heteroatoms. The lowest BCUT2D eigenvalue weighted by Crippen LogP contribution is -2.42. The van der Waals surface area contributed by atoms with Crippen LogP contribution in [0.25, 0.3) is 21.9 Å². The molecular formula is C27H24N2O4. The summed E-state index contributed by atoms with van der Waals surface area (Å²) in [5.74, 6) is -0.317. The van der Waals surface area contributed by atoms with Gasteiger partial charge in [0.1, 0.15) is 22.8 Å². The van der Waals surface area contributed by atoms with E-state index < -0.39 is 5.92 Å². The third-order valence-electron chi connectivity index (χ3n) is 6.91. The number of hydrogen-bond acceptors (Lipinski definition) is 4. The monoisotopic (exact) mass is 440 g/mol. The smallest absolute Gasteiger partial charge is 0.239 e. The van der Waals surface area contributed by atoms with Gasteiger partial charge >= 0.3 is 0 Å². The van der Waals surface area contributed by atoms with Crippen LogP contribution < -0.4 is 9.64 Å². The topological polar surface area (TPSA) is 63.0 Å². The molecule has 0 bridgehead atoms.